The lowest BCUT2D eigenvalue weighted by Crippen LogP contribution is -2.58. The molecule has 1 aliphatic rings. The van der Waals surface area contributed by atoms with Gasteiger partial charge in [-0.2, -0.15) is 0 Å². The molecule has 1 aromatic heterocycles. The number of hydrogen-bond acceptors (Lipinski definition) is 4. The van der Waals surface area contributed by atoms with Gasteiger partial charge in [-0.3, -0.25) is 0 Å². The summed E-state index contributed by atoms with van der Waals surface area (Å²) in [5.74, 6) is 0.818. The Kier molecular flexibility index (Phi) is 6.29. The normalized spacial score (nSPS) is 17.3. The second-order valence-electron chi connectivity index (χ2n) is 6.68. The van der Waals surface area contributed by atoms with Crippen LogP contribution >= 0.6 is 34.8 Å². The highest BCUT2D eigenvalue weighted by Crippen LogP contribution is 2.27. The van der Waals surface area contributed by atoms with Gasteiger partial charge in [0.05, 0.1) is 16.8 Å². The van der Waals surface area contributed by atoms with Crippen LogP contribution in [0.3, 0.4) is 0 Å². The van der Waals surface area contributed by atoms with Gasteiger partial charge in [-0.15, -0.1) is 0 Å². The van der Waals surface area contributed by atoms with Crippen molar-refractivity contribution in [3.63, 3.8) is 0 Å². The van der Waals surface area contributed by atoms with Crippen molar-refractivity contribution in [1.82, 2.24) is 14.9 Å². The minimum absolute atomic E-state index is 0.0145. The molecule has 1 atom stereocenters. The number of hydrogen-bond donors (Lipinski definition) is 1. The van der Waals surface area contributed by atoms with E-state index in [1.54, 1.807) is 30.5 Å². The first-order valence-electron chi connectivity index (χ1n) is 8.61. The van der Waals surface area contributed by atoms with E-state index in [0.29, 0.717) is 46.5 Å². The Morgan fingerprint density at radius 1 is 1.22 bits per heavy atom. The fourth-order valence-corrected chi connectivity index (χ4v) is 3.54. The van der Waals surface area contributed by atoms with Gasteiger partial charge in [0.15, 0.2) is 0 Å². The molecule has 1 saturated heterocycles. The van der Waals surface area contributed by atoms with Crippen molar-refractivity contribution in [3.05, 3.63) is 45.7 Å². The lowest BCUT2D eigenvalue weighted by molar-refractivity contribution is 0.156. The number of carbonyl (C=O) groups is 1. The SMILES string of the molecule is CC(C)C1CN(c2nccc(Cl)n2)CCN1C(=O)Nc1cc(Cl)ccc1Cl. The van der Waals surface area contributed by atoms with E-state index < -0.39 is 0 Å². The molecule has 0 saturated carbocycles. The van der Waals surface area contributed by atoms with Crippen molar-refractivity contribution in [2.75, 3.05) is 29.9 Å². The molecule has 144 valence electrons. The number of nitrogens with zero attached hydrogens (tertiary/aromatic N) is 4. The van der Waals surface area contributed by atoms with Crippen LogP contribution < -0.4 is 10.2 Å². The van der Waals surface area contributed by atoms with Crippen molar-refractivity contribution in [1.29, 1.82) is 0 Å². The molecule has 2 amide bonds. The van der Waals surface area contributed by atoms with Crippen molar-refractivity contribution in [2.24, 2.45) is 5.92 Å². The molecular weight excluding hydrogens is 409 g/mol. The predicted octanol–water partition coefficient (Wildman–Crippen LogP) is 4.82. The summed E-state index contributed by atoms with van der Waals surface area (Å²) in [5, 5.41) is 4.23. The minimum atomic E-state index is -0.204. The molecule has 27 heavy (non-hydrogen) atoms. The molecule has 6 nitrogen and oxygen atoms in total. The summed E-state index contributed by atoms with van der Waals surface area (Å²) in [6, 6.07) is 6.41. The van der Waals surface area contributed by atoms with Crippen LogP contribution in [0.25, 0.3) is 0 Å². The van der Waals surface area contributed by atoms with E-state index in [-0.39, 0.29) is 18.0 Å². The number of anilines is 2. The summed E-state index contributed by atoms with van der Waals surface area (Å²) < 4.78 is 0. The minimum Gasteiger partial charge on any atom is -0.337 e. The van der Waals surface area contributed by atoms with Crippen LogP contribution in [0.5, 0.6) is 0 Å². The van der Waals surface area contributed by atoms with Crippen LogP contribution in [0.4, 0.5) is 16.4 Å². The summed E-state index contributed by atoms with van der Waals surface area (Å²) >= 11 is 18.2. The summed E-state index contributed by atoms with van der Waals surface area (Å²) in [6.07, 6.45) is 1.63. The Balaban J connectivity index is 1.75. The van der Waals surface area contributed by atoms with Crippen LogP contribution in [0.2, 0.25) is 15.2 Å². The zero-order valence-corrected chi connectivity index (χ0v) is 17.3. The molecule has 3 rings (SSSR count). The molecule has 2 aromatic rings. The third kappa shape index (κ3) is 4.75. The van der Waals surface area contributed by atoms with Gasteiger partial charge < -0.3 is 15.1 Å². The van der Waals surface area contributed by atoms with Gasteiger partial charge in [-0.05, 0) is 30.2 Å². The second-order valence-corrected chi connectivity index (χ2v) is 7.92. The maximum absolute atomic E-state index is 12.9. The quantitative estimate of drug-likeness (QED) is 0.712. The molecule has 0 radical (unpaired) electrons. The number of amides is 2. The largest absolute Gasteiger partial charge is 0.337 e. The highest BCUT2D eigenvalue weighted by Gasteiger charge is 2.33. The van der Waals surface area contributed by atoms with E-state index in [0.717, 1.165) is 0 Å². The van der Waals surface area contributed by atoms with Crippen molar-refractivity contribution in [2.45, 2.75) is 19.9 Å². The highest BCUT2D eigenvalue weighted by molar-refractivity contribution is 6.35. The number of benzene rings is 1. The van der Waals surface area contributed by atoms with E-state index in [1.807, 2.05) is 9.80 Å². The number of rotatable bonds is 3. The van der Waals surface area contributed by atoms with E-state index in [2.05, 4.69) is 29.1 Å². The zero-order valence-electron chi connectivity index (χ0n) is 15.0. The van der Waals surface area contributed by atoms with Crippen LogP contribution in [0.1, 0.15) is 13.8 Å². The van der Waals surface area contributed by atoms with Gasteiger partial charge >= 0.3 is 6.03 Å². The van der Waals surface area contributed by atoms with Gasteiger partial charge in [0, 0.05) is 30.9 Å². The van der Waals surface area contributed by atoms with Gasteiger partial charge in [0.25, 0.3) is 0 Å². The number of piperazine rings is 1. The monoisotopic (exact) mass is 427 g/mol. The van der Waals surface area contributed by atoms with Crippen LogP contribution in [-0.4, -0.2) is 46.6 Å². The average Bonchev–Trinajstić information content (AvgIpc) is 2.64. The Morgan fingerprint density at radius 2 is 2.00 bits per heavy atom. The van der Waals surface area contributed by atoms with E-state index in [4.69, 9.17) is 34.8 Å². The molecule has 9 heteroatoms. The lowest BCUT2D eigenvalue weighted by atomic mass is 10.00. The summed E-state index contributed by atoms with van der Waals surface area (Å²) in [4.78, 5) is 25.3. The molecule has 1 fully saturated rings. The number of urea groups is 1. The zero-order chi connectivity index (χ0) is 19.6. The number of nitrogens with one attached hydrogen (secondary N) is 1. The topological polar surface area (TPSA) is 61.4 Å². The van der Waals surface area contributed by atoms with Gasteiger partial charge in [0.2, 0.25) is 5.95 Å². The predicted molar refractivity (Wildman–Crippen MR) is 110 cm³/mol. The average molecular weight is 429 g/mol. The number of carbonyl (C=O) groups excluding carboxylic acids is 1. The van der Waals surface area contributed by atoms with Crippen LogP contribution in [-0.2, 0) is 0 Å². The van der Waals surface area contributed by atoms with Crippen LogP contribution in [0.15, 0.2) is 30.5 Å². The van der Waals surface area contributed by atoms with E-state index in [9.17, 15) is 4.79 Å². The smallest absolute Gasteiger partial charge is 0.322 e. The maximum Gasteiger partial charge on any atom is 0.322 e. The van der Waals surface area contributed by atoms with E-state index >= 15 is 0 Å². The molecule has 0 spiro atoms. The fraction of sp³-hybridized carbons (Fsp3) is 0.389. The summed E-state index contributed by atoms with van der Waals surface area (Å²) in [7, 11) is 0. The molecule has 0 aliphatic carbocycles. The second kappa shape index (κ2) is 8.50. The first-order valence-corrected chi connectivity index (χ1v) is 9.74. The van der Waals surface area contributed by atoms with E-state index in [1.165, 1.54) is 0 Å². The summed E-state index contributed by atoms with van der Waals surface area (Å²) in [6.45, 7) is 5.93. The van der Waals surface area contributed by atoms with Crippen molar-refractivity contribution >= 4 is 52.5 Å². The number of halogens is 3. The standard InChI is InChI=1S/C18H20Cl3N5O/c1-11(2)15-10-25(17-22-6-5-16(21)24-17)7-8-26(15)18(27)23-14-9-12(19)3-4-13(14)20/h3-6,9,11,15H,7-8,10H2,1-2H3,(H,23,27). The Bertz CT molecular complexity index is 832. The maximum atomic E-state index is 12.9. The third-order valence-corrected chi connectivity index (χ3v) is 5.29. The van der Waals surface area contributed by atoms with Gasteiger partial charge in [0.1, 0.15) is 5.15 Å². The van der Waals surface area contributed by atoms with Gasteiger partial charge in [-0.1, -0.05) is 48.7 Å². The first-order chi connectivity index (χ1) is 12.8. The highest BCUT2D eigenvalue weighted by atomic mass is 35.5. The van der Waals surface area contributed by atoms with Crippen LogP contribution in [0, 0.1) is 5.92 Å². The Labute approximate surface area is 173 Å². The van der Waals surface area contributed by atoms with Gasteiger partial charge in [-0.25, -0.2) is 14.8 Å². The molecule has 1 N–H and O–H groups in total. The number of aromatic nitrogens is 2. The summed E-state index contributed by atoms with van der Waals surface area (Å²) in [5.41, 5.74) is 0.497. The van der Waals surface area contributed by atoms with Crippen molar-refractivity contribution in [3.8, 4) is 0 Å². The van der Waals surface area contributed by atoms with Crippen molar-refractivity contribution < 1.29 is 4.79 Å². The molecule has 0 bridgehead atoms. The Hall–Kier alpha value is -1.76. The molecule has 1 aliphatic heterocycles. The Morgan fingerprint density at radius 3 is 2.70 bits per heavy atom. The fourth-order valence-electron chi connectivity index (χ4n) is 3.07. The molecular formula is C18H20Cl3N5O. The third-order valence-electron chi connectivity index (χ3n) is 4.51. The molecule has 1 aromatic carbocycles. The molecule has 1 unspecified atom stereocenters. The first kappa shape index (κ1) is 20.0. The molecule has 2 heterocycles. The lowest BCUT2D eigenvalue weighted by Gasteiger charge is -2.43.